The van der Waals surface area contributed by atoms with E-state index < -0.39 is 0 Å². The summed E-state index contributed by atoms with van der Waals surface area (Å²) in [6.45, 7) is 3.95. The Morgan fingerprint density at radius 1 is 1.28 bits per heavy atom. The van der Waals surface area contributed by atoms with Gasteiger partial charge in [0.15, 0.2) is 0 Å². The second kappa shape index (κ2) is 5.10. The molecule has 3 saturated carbocycles. The van der Waals surface area contributed by atoms with Crippen LogP contribution < -0.4 is 5.32 Å². The Morgan fingerprint density at radius 2 is 2.11 bits per heavy atom. The van der Waals surface area contributed by atoms with Gasteiger partial charge in [0.05, 0.1) is 12.2 Å². The summed E-state index contributed by atoms with van der Waals surface area (Å²) in [6, 6.07) is 0.649. The normalized spacial score (nSPS) is 41.7. The monoisotopic (exact) mass is 253 g/mol. The van der Waals surface area contributed by atoms with Crippen molar-refractivity contribution in [2.24, 2.45) is 11.3 Å². The minimum Gasteiger partial charge on any atom is -0.393 e. The van der Waals surface area contributed by atoms with Gasteiger partial charge >= 0.3 is 0 Å². The molecule has 0 heterocycles. The van der Waals surface area contributed by atoms with E-state index in [4.69, 9.17) is 4.74 Å². The van der Waals surface area contributed by atoms with Crippen molar-refractivity contribution in [1.82, 2.24) is 5.32 Å². The van der Waals surface area contributed by atoms with Gasteiger partial charge in [-0.1, -0.05) is 12.8 Å². The topological polar surface area (TPSA) is 41.5 Å². The third-order valence-corrected chi connectivity index (χ3v) is 5.68. The summed E-state index contributed by atoms with van der Waals surface area (Å²) in [5, 5.41) is 13.6. The van der Waals surface area contributed by atoms with Crippen molar-refractivity contribution < 1.29 is 9.84 Å². The number of ether oxygens (including phenoxy) is 1. The Bertz CT molecular complexity index is 290. The minimum atomic E-state index is -0.0578. The SMILES string of the molecule is CCOC1CC(NCC2CCCC2O)C12CCC2. The van der Waals surface area contributed by atoms with E-state index in [0.717, 1.165) is 19.6 Å². The van der Waals surface area contributed by atoms with Crippen LogP contribution in [0.4, 0.5) is 0 Å². The maximum absolute atomic E-state index is 9.87. The number of hydrogen-bond acceptors (Lipinski definition) is 3. The van der Waals surface area contributed by atoms with Crippen LogP contribution in [-0.4, -0.2) is 36.5 Å². The Kier molecular flexibility index (Phi) is 3.65. The van der Waals surface area contributed by atoms with E-state index in [1.165, 1.54) is 38.5 Å². The first kappa shape index (κ1) is 12.9. The zero-order chi connectivity index (χ0) is 12.6. The molecule has 3 nitrogen and oxygen atoms in total. The fourth-order valence-corrected chi connectivity index (χ4v) is 4.27. The standard InChI is InChI=1S/C15H27NO2/c1-2-18-14-9-13(15(14)7-4-8-15)16-10-11-5-3-6-12(11)17/h11-14,16-17H,2-10H2,1H3. The third-order valence-electron chi connectivity index (χ3n) is 5.68. The molecule has 2 N–H and O–H groups in total. The second-order valence-electron chi connectivity index (χ2n) is 6.49. The lowest BCUT2D eigenvalue weighted by Crippen LogP contribution is -2.67. The molecule has 0 aromatic heterocycles. The van der Waals surface area contributed by atoms with E-state index in [2.05, 4.69) is 12.2 Å². The zero-order valence-corrected chi connectivity index (χ0v) is 11.5. The highest BCUT2D eigenvalue weighted by molar-refractivity contribution is 5.12. The molecule has 0 bridgehead atoms. The molecule has 3 heteroatoms. The van der Waals surface area contributed by atoms with Gasteiger partial charge in [0.1, 0.15) is 0 Å². The number of rotatable bonds is 5. The Hall–Kier alpha value is -0.120. The molecule has 3 fully saturated rings. The van der Waals surface area contributed by atoms with Crippen LogP contribution in [0.3, 0.4) is 0 Å². The first-order valence-electron chi connectivity index (χ1n) is 7.79. The average Bonchev–Trinajstić information content (AvgIpc) is 2.66. The van der Waals surface area contributed by atoms with Crippen molar-refractivity contribution in [3.63, 3.8) is 0 Å². The Labute approximate surface area is 110 Å². The molecular weight excluding hydrogens is 226 g/mol. The summed E-state index contributed by atoms with van der Waals surface area (Å²) in [6.07, 6.45) is 9.06. The summed E-state index contributed by atoms with van der Waals surface area (Å²) in [5.41, 5.74) is 0.458. The van der Waals surface area contributed by atoms with Crippen LogP contribution in [0.25, 0.3) is 0 Å². The van der Waals surface area contributed by atoms with Crippen molar-refractivity contribution in [2.75, 3.05) is 13.2 Å². The highest BCUT2D eigenvalue weighted by Gasteiger charge is 2.58. The summed E-state index contributed by atoms with van der Waals surface area (Å²) in [5.74, 6) is 0.494. The Morgan fingerprint density at radius 3 is 2.67 bits per heavy atom. The molecule has 1 spiro atoms. The lowest BCUT2D eigenvalue weighted by atomic mass is 9.51. The maximum atomic E-state index is 9.87. The molecule has 3 aliphatic rings. The fourth-order valence-electron chi connectivity index (χ4n) is 4.27. The summed E-state index contributed by atoms with van der Waals surface area (Å²) in [7, 11) is 0. The quantitative estimate of drug-likeness (QED) is 0.788. The lowest BCUT2D eigenvalue weighted by molar-refractivity contribution is -0.173. The second-order valence-corrected chi connectivity index (χ2v) is 6.49. The smallest absolute Gasteiger partial charge is 0.0661 e. The molecule has 0 aromatic carbocycles. The van der Waals surface area contributed by atoms with Gasteiger partial charge in [-0.05, 0) is 44.9 Å². The van der Waals surface area contributed by atoms with Gasteiger partial charge in [0.2, 0.25) is 0 Å². The molecule has 4 atom stereocenters. The van der Waals surface area contributed by atoms with Gasteiger partial charge in [-0.3, -0.25) is 0 Å². The minimum absolute atomic E-state index is 0.0578. The summed E-state index contributed by atoms with van der Waals surface area (Å²) >= 11 is 0. The van der Waals surface area contributed by atoms with Gasteiger partial charge < -0.3 is 15.2 Å². The van der Waals surface area contributed by atoms with Crippen LogP contribution in [0, 0.1) is 11.3 Å². The van der Waals surface area contributed by atoms with E-state index >= 15 is 0 Å². The molecule has 0 aromatic rings. The van der Waals surface area contributed by atoms with E-state index in [1.807, 2.05) is 0 Å². The van der Waals surface area contributed by atoms with Crippen molar-refractivity contribution in [3.8, 4) is 0 Å². The summed E-state index contributed by atoms with van der Waals surface area (Å²) in [4.78, 5) is 0. The largest absolute Gasteiger partial charge is 0.393 e. The van der Waals surface area contributed by atoms with Gasteiger partial charge in [-0.25, -0.2) is 0 Å². The van der Waals surface area contributed by atoms with E-state index in [1.54, 1.807) is 0 Å². The van der Waals surface area contributed by atoms with Crippen molar-refractivity contribution in [3.05, 3.63) is 0 Å². The Balaban J connectivity index is 1.49. The number of aliphatic hydroxyl groups is 1. The van der Waals surface area contributed by atoms with Gasteiger partial charge in [-0.15, -0.1) is 0 Å². The molecule has 3 rings (SSSR count). The predicted octanol–water partition coefficient (Wildman–Crippen LogP) is 2.08. The third kappa shape index (κ3) is 2.00. The molecule has 0 saturated heterocycles. The first-order chi connectivity index (χ1) is 8.76. The molecule has 3 aliphatic carbocycles. The highest BCUT2D eigenvalue weighted by atomic mass is 16.5. The zero-order valence-electron chi connectivity index (χ0n) is 11.5. The van der Waals surface area contributed by atoms with Crippen LogP contribution in [0.5, 0.6) is 0 Å². The predicted molar refractivity (Wildman–Crippen MR) is 71.5 cm³/mol. The molecule has 0 aliphatic heterocycles. The average molecular weight is 253 g/mol. The fraction of sp³-hybridized carbons (Fsp3) is 1.00. The van der Waals surface area contributed by atoms with Crippen LogP contribution in [-0.2, 0) is 4.74 Å². The molecule has 0 amide bonds. The van der Waals surface area contributed by atoms with Gasteiger partial charge in [0, 0.05) is 24.6 Å². The van der Waals surface area contributed by atoms with Crippen molar-refractivity contribution in [1.29, 1.82) is 0 Å². The van der Waals surface area contributed by atoms with Gasteiger partial charge in [0.25, 0.3) is 0 Å². The van der Waals surface area contributed by atoms with Crippen LogP contribution in [0.1, 0.15) is 51.9 Å². The number of hydrogen-bond donors (Lipinski definition) is 2. The van der Waals surface area contributed by atoms with Crippen LogP contribution in [0.15, 0.2) is 0 Å². The lowest BCUT2D eigenvalue weighted by Gasteiger charge is -2.61. The van der Waals surface area contributed by atoms with E-state index in [9.17, 15) is 5.11 Å². The first-order valence-corrected chi connectivity index (χ1v) is 7.79. The molecular formula is C15H27NO2. The molecule has 104 valence electrons. The molecule has 4 unspecified atom stereocenters. The van der Waals surface area contributed by atoms with E-state index in [-0.39, 0.29) is 6.10 Å². The number of nitrogens with one attached hydrogen (secondary N) is 1. The van der Waals surface area contributed by atoms with Crippen LogP contribution >= 0.6 is 0 Å². The van der Waals surface area contributed by atoms with Crippen LogP contribution in [0.2, 0.25) is 0 Å². The highest BCUT2D eigenvalue weighted by Crippen LogP contribution is 2.57. The summed E-state index contributed by atoms with van der Waals surface area (Å²) < 4.78 is 5.87. The number of aliphatic hydroxyl groups excluding tert-OH is 1. The van der Waals surface area contributed by atoms with Crippen molar-refractivity contribution >= 4 is 0 Å². The molecule has 0 radical (unpaired) electrons. The molecule has 18 heavy (non-hydrogen) atoms. The van der Waals surface area contributed by atoms with Gasteiger partial charge in [-0.2, -0.15) is 0 Å². The van der Waals surface area contributed by atoms with E-state index in [0.29, 0.717) is 23.5 Å². The van der Waals surface area contributed by atoms with Crippen molar-refractivity contribution in [2.45, 2.75) is 70.1 Å². The maximum Gasteiger partial charge on any atom is 0.0661 e.